The molecule has 1 aromatic carbocycles. The summed E-state index contributed by atoms with van der Waals surface area (Å²) in [5, 5.41) is 49.0. The van der Waals surface area contributed by atoms with E-state index < -0.39 is 113 Å². The molecule has 2 aliphatic rings. The summed E-state index contributed by atoms with van der Waals surface area (Å²) in [5.74, 6) is 2.72. The maximum atomic E-state index is 15.5. The van der Waals surface area contributed by atoms with Crippen LogP contribution in [0.4, 0.5) is 26.1 Å². The van der Waals surface area contributed by atoms with Crippen molar-refractivity contribution in [1.29, 1.82) is 5.11 Å². The number of hydrogen-bond donors (Lipinski definition) is 5. The number of phosphoric ester groups is 2. The largest absolute Gasteiger partial charge is 2.00 e. The quantitative estimate of drug-likeness (QED) is 0.00621. The molecule has 28 nitrogen and oxygen atoms in total. The van der Waals surface area contributed by atoms with Crippen molar-refractivity contribution in [3.63, 3.8) is 0 Å². The predicted octanol–water partition coefficient (Wildman–Crippen LogP) is 9.17. The predicted molar refractivity (Wildman–Crippen MR) is 409 cm³/mol. The summed E-state index contributed by atoms with van der Waals surface area (Å²) in [4.78, 5) is 66.5. The van der Waals surface area contributed by atoms with Gasteiger partial charge in [-0.1, -0.05) is 150 Å². The second kappa shape index (κ2) is 43.6. The number of nitrogens with zero attached hydrogens (tertiary/aromatic N) is 7. The first kappa shape index (κ1) is 92.6. The summed E-state index contributed by atoms with van der Waals surface area (Å²) in [6.45, 7) is 33.2. The summed E-state index contributed by atoms with van der Waals surface area (Å²) in [7, 11) is -11.8. The fourth-order valence-electron chi connectivity index (χ4n) is 8.29. The number of nitro groups is 1. The second-order valence-electron chi connectivity index (χ2n) is 27.1. The van der Waals surface area contributed by atoms with Crippen LogP contribution in [0.1, 0.15) is 135 Å². The Hall–Kier alpha value is -3.77. The molecular formula is C65H102ClF2MgN9O19P3S4+. The molecule has 2 saturated heterocycles. The molecule has 39 heteroatoms. The van der Waals surface area contributed by atoms with E-state index in [0.717, 1.165) is 47.0 Å². The molecule has 0 saturated carbocycles. The van der Waals surface area contributed by atoms with Crippen molar-refractivity contribution in [3.05, 3.63) is 114 Å². The van der Waals surface area contributed by atoms with Crippen molar-refractivity contribution in [2.75, 3.05) is 74.1 Å². The smallest absolute Gasteiger partial charge is 1.00 e. The van der Waals surface area contributed by atoms with Crippen LogP contribution in [0.25, 0.3) is 11.0 Å². The van der Waals surface area contributed by atoms with E-state index >= 15 is 4.39 Å². The van der Waals surface area contributed by atoms with Gasteiger partial charge in [0.15, 0.2) is 44.4 Å². The molecule has 2 fully saturated rings. The van der Waals surface area contributed by atoms with E-state index in [1.165, 1.54) is 64.0 Å². The molecule has 5 aromatic rings. The number of benzene rings is 1. The number of aliphatic hydroxyl groups excluding tert-OH is 3. The van der Waals surface area contributed by atoms with Gasteiger partial charge in [0.2, 0.25) is 0 Å². The Kier molecular flexibility index (Phi) is 38.8. The molecule has 0 spiro atoms. The van der Waals surface area contributed by atoms with Gasteiger partial charge in [0.1, 0.15) is 65.1 Å². The van der Waals surface area contributed by atoms with Crippen LogP contribution < -0.4 is 28.4 Å². The van der Waals surface area contributed by atoms with Gasteiger partial charge in [0.25, 0.3) is 10.8 Å². The van der Waals surface area contributed by atoms with Crippen LogP contribution in [-0.4, -0.2) is 196 Å². The number of carbonyl (C=O) groups excluding carboxylic acids is 4. The molecule has 0 radical (unpaired) electrons. The number of carbonyl (C=O) groups is 4. The molecule has 4 aromatic heterocycles. The average molecular weight is 1640 g/mol. The Morgan fingerprint density at radius 3 is 1.28 bits per heavy atom. The van der Waals surface area contributed by atoms with E-state index in [1.807, 2.05) is 0 Å². The first-order chi connectivity index (χ1) is 48.3. The summed E-state index contributed by atoms with van der Waals surface area (Å²) < 4.78 is 128. The third-order valence-electron chi connectivity index (χ3n) is 13.8. The van der Waals surface area contributed by atoms with Crippen LogP contribution >= 0.6 is 72.4 Å². The Morgan fingerprint density at radius 2 is 0.981 bits per heavy atom. The van der Waals surface area contributed by atoms with E-state index in [1.54, 1.807) is 107 Å². The van der Waals surface area contributed by atoms with Gasteiger partial charge in [-0.25, -0.2) is 36.9 Å². The number of ether oxygens (including phenoxy) is 2. The molecule has 0 aliphatic carbocycles. The number of alkyl halides is 2. The van der Waals surface area contributed by atoms with Gasteiger partial charge < -0.3 is 59.1 Å². The van der Waals surface area contributed by atoms with E-state index in [-0.39, 0.29) is 142 Å². The number of aromatic nitrogens is 6. The third kappa shape index (κ3) is 28.9. The van der Waals surface area contributed by atoms with Gasteiger partial charge in [-0.15, -0.1) is 13.2 Å². The minimum absolute atomic E-state index is 0. The maximum absolute atomic E-state index is 15.5. The van der Waals surface area contributed by atoms with Crippen LogP contribution in [0.5, 0.6) is 5.75 Å². The van der Waals surface area contributed by atoms with Crippen molar-refractivity contribution in [1.82, 2.24) is 29.2 Å². The van der Waals surface area contributed by atoms with Gasteiger partial charge in [0, 0.05) is 56.8 Å². The molecule has 0 unspecified atom stereocenters. The first-order valence-corrected chi connectivity index (χ1v) is 38.1. The second-order valence-corrected chi connectivity index (χ2v) is 34.7. The maximum Gasteiger partial charge on any atom is 2.00 e. The van der Waals surface area contributed by atoms with Crippen molar-refractivity contribution < 1.29 is 106 Å². The number of thioether (sulfide) groups is 4. The summed E-state index contributed by atoms with van der Waals surface area (Å²) in [5.41, 5.74) is 7.47. The molecule has 7 rings (SSSR count). The average Bonchev–Trinajstić information content (AvgIpc) is 1.60. The number of nitrogen functional groups attached to an aromatic ring is 2. The third-order valence-corrected chi connectivity index (χ3v) is 21.7. The van der Waals surface area contributed by atoms with E-state index in [0.29, 0.717) is 16.7 Å². The number of non-ortho nitro benzene ring substituents is 1. The number of hydrogen-bond acceptors (Lipinski definition) is 29. The SMILES string of the molecule is C.C=C[C@]1(CO)O[C@@H](c2ccc3c(N)ncnn23)[C@H](F)[C@@H]1O.C=C[C@]1(COP(=O)(OCCSC(=O)C(C)(C)C)OCCSC(=O)C(C)(C)C)O[C@@H](c2ccc3c(N)ncnn23)[C@H](F)[C@@H]1O.CC(C)(C)C(=O)SCCOP(=O)(OCCSC(=O)C(C)(C)C)Oc1ccc([N+](=O)[O-])cc1.C[C-](C)C.[2H][P+]([2H])([2H])[2H].[Cl-].[Mg+2]. The molecule has 7 N–H and O–H groups in total. The number of nitro benzene ring substituents is 1. The monoisotopic (exact) mass is 1630 g/mol. The van der Waals surface area contributed by atoms with Crippen molar-refractivity contribution in [2.24, 2.45) is 21.7 Å². The molecule has 6 heterocycles. The van der Waals surface area contributed by atoms with Gasteiger partial charge in [-0.2, -0.15) is 31.0 Å². The first-order valence-electron chi connectivity index (χ1n) is 33.0. The van der Waals surface area contributed by atoms with Crippen LogP contribution in [0.2, 0.25) is 0 Å². The van der Waals surface area contributed by atoms with E-state index in [4.69, 9.17) is 53.2 Å². The van der Waals surface area contributed by atoms with Crippen LogP contribution in [0.3, 0.4) is 0 Å². The van der Waals surface area contributed by atoms with Crippen molar-refractivity contribution in [3.8, 4) is 5.75 Å². The number of halogens is 3. The minimum Gasteiger partial charge on any atom is -1.00 e. The molecule has 104 heavy (non-hydrogen) atoms. The van der Waals surface area contributed by atoms with Crippen LogP contribution in [0, 0.1) is 37.7 Å². The zero-order valence-electron chi connectivity index (χ0n) is 64.4. The Labute approximate surface area is 655 Å². The molecule has 0 bridgehead atoms. The molecular weight excluding hydrogens is 1530 g/mol. The Bertz CT molecular complexity index is 3750. The van der Waals surface area contributed by atoms with Gasteiger partial charge in [0.05, 0.1) is 56.0 Å². The number of anilines is 2. The minimum atomic E-state index is -4.35. The zero-order valence-corrected chi connectivity index (χ0v) is 68.5. The topological polar surface area (TPSA) is 393 Å². The number of fused-ring (bicyclic) bond motifs is 2. The van der Waals surface area contributed by atoms with Crippen molar-refractivity contribution >= 4 is 144 Å². The number of rotatable bonds is 27. The van der Waals surface area contributed by atoms with E-state index in [9.17, 15) is 58.1 Å². The Balaban J connectivity index is 0.00000155. The van der Waals surface area contributed by atoms with E-state index in [2.05, 4.69) is 54.1 Å². The molecule has 0 amide bonds. The van der Waals surface area contributed by atoms with Crippen molar-refractivity contribution in [2.45, 2.75) is 159 Å². The summed E-state index contributed by atoms with van der Waals surface area (Å²) in [6.07, 6.45) is -4.54. The van der Waals surface area contributed by atoms with Gasteiger partial charge >= 0.3 is 38.7 Å². The summed E-state index contributed by atoms with van der Waals surface area (Å²) in [6, 6.07) is 11.4. The molecule has 8 atom stereocenters. The summed E-state index contributed by atoms with van der Waals surface area (Å²) >= 11 is 4.12. The molecule has 2 aliphatic heterocycles. The zero-order chi connectivity index (χ0) is 80.1. The number of aliphatic hydroxyl groups is 3. The Morgan fingerprint density at radius 1 is 0.663 bits per heavy atom. The standard InChI is InChI=1S/C27H40FN4O8PS2.C20H30NO8PS2.C13H15FN4O3.C4H9.CH4.ClH.Mg.H3P/c1-8-27(21(33)19(28)20(40-27)17-9-10-18-22(29)30-16-31-32(17)18)15-39-41(36,37-11-13-42-23(34)25(2,3)4)38-12-14-43-24(35)26(5,6)7;1-19(2,3)17(22)31-13-11-27-30(26,28-12-14-32-18(23)20(4,5)6)29-16-9-7-15(8-10-16)21(24)25;1-2-13(5-19)11(20)9(14)10(21-13)7-3-4-8-12(15)16-6-17-18(7)8;1-4(2)3;;;;/h8-10,16,19-21,33H,1,11-15H2,2-7H3,(H2,29,30,31);7-10H,11-14H2,1-6H3;2-4,6,9-11,19-20H,1,5H2,(H2,15,16,17);1-3H3;1H4;1H;;1H3/q;;;-1;;;+2;/t19-,20-,21-,27+;;9-,10-,11-,13+;;;;;/m0.0...../s1/i;;;;;;;1D3/hD. The number of phosphoric acid groups is 2. The number of nitrogens with two attached hydrogens (primary N) is 2. The van der Waals surface area contributed by atoms with Gasteiger partial charge in [-0.3, -0.25) is 51.9 Å². The fraction of sp³-hybridized carbons (Fsp3) is 0.585. The normalized spacial score (nSPS) is 20.9. The van der Waals surface area contributed by atoms with Crippen LogP contribution in [0.15, 0.2) is 86.5 Å². The van der Waals surface area contributed by atoms with Gasteiger partial charge in [-0.05, 0) is 46.1 Å². The fourth-order valence-corrected chi connectivity index (χ4v) is 14.3. The molecule has 582 valence electrons. The van der Waals surface area contributed by atoms with Crippen LogP contribution in [-0.2, 0) is 60.4 Å².